The molecule has 1 N–H and O–H groups in total. The Balaban J connectivity index is 1.76. The minimum atomic E-state index is 0.101. The first-order valence-corrected chi connectivity index (χ1v) is 10.1. The topological polar surface area (TPSA) is 50.8 Å². The second-order valence-electron chi connectivity index (χ2n) is 7.37. The highest BCUT2D eigenvalue weighted by Crippen LogP contribution is 2.33. The molecule has 1 aliphatic heterocycles. The van der Waals surface area contributed by atoms with E-state index in [1.165, 1.54) is 12.8 Å². The zero-order chi connectivity index (χ0) is 18.4. The Morgan fingerprint density at radius 1 is 1.15 bits per heavy atom. The molecule has 1 aromatic carbocycles. The molecule has 3 rings (SSSR count). The summed E-state index contributed by atoms with van der Waals surface area (Å²) in [5.41, 5.74) is 0.688. The minimum Gasteiger partial charge on any atom is -0.493 e. The van der Waals surface area contributed by atoms with Gasteiger partial charge in [0, 0.05) is 18.2 Å². The maximum atomic E-state index is 13.2. The fraction of sp³-hybridized carbons (Fsp3) is 0.667. The molecule has 0 atom stereocenters. The highest BCUT2D eigenvalue weighted by atomic mass is 16.5. The summed E-state index contributed by atoms with van der Waals surface area (Å²) >= 11 is 0. The number of benzene rings is 1. The van der Waals surface area contributed by atoms with Gasteiger partial charge in [-0.1, -0.05) is 6.92 Å². The molecular weight excluding hydrogens is 328 g/mol. The third-order valence-corrected chi connectivity index (χ3v) is 5.48. The highest BCUT2D eigenvalue weighted by molar-refractivity contribution is 5.95. The molecule has 1 aliphatic carbocycles. The van der Waals surface area contributed by atoms with Crippen LogP contribution in [-0.4, -0.2) is 49.7 Å². The van der Waals surface area contributed by atoms with Gasteiger partial charge in [0.05, 0.1) is 13.2 Å². The molecule has 1 saturated carbocycles. The Morgan fingerprint density at radius 2 is 1.88 bits per heavy atom. The molecule has 2 aliphatic rings. The number of piperidine rings is 1. The van der Waals surface area contributed by atoms with Crippen molar-refractivity contribution in [1.82, 2.24) is 10.2 Å². The smallest absolute Gasteiger partial charge is 0.254 e. The van der Waals surface area contributed by atoms with Gasteiger partial charge in [0.25, 0.3) is 5.91 Å². The molecule has 1 amide bonds. The lowest BCUT2D eigenvalue weighted by molar-refractivity contribution is 0.0642. The van der Waals surface area contributed by atoms with Crippen LogP contribution in [0.3, 0.4) is 0 Å². The minimum absolute atomic E-state index is 0.101. The van der Waals surface area contributed by atoms with Crippen molar-refractivity contribution in [2.45, 2.75) is 64.0 Å². The summed E-state index contributed by atoms with van der Waals surface area (Å²) < 4.78 is 11.6. The van der Waals surface area contributed by atoms with E-state index >= 15 is 0 Å². The van der Waals surface area contributed by atoms with E-state index < -0.39 is 0 Å². The molecule has 0 bridgehead atoms. The normalized spacial score (nSPS) is 18.7. The first kappa shape index (κ1) is 19.0. The Bertz CT molecular complexity index is 593. The van der Waals surface area contributed by atoms with E-state index in [9.17, 15) is 4.79 Å². The van der Waals surface area contributed by atoms with Crippen molar-refractivity contribution in [2.75, 3.05) is 26.7 Å². The summed E-state index contributed by atoms with van der Waals surface area (Å²) in [7, 11) is 1.64. The highest BCUT2D eigenvalue weighted by Gasteiger charge is 2.26. The number of nitrogens with one attached hydrogen (secondary N) is 1. The summed E-state index contributed by atoms with van der Waals surface area (Å²) in [4.78, 5) is 15.2. The van der Waals surface area contributed by atoms with Crippen LogP contribution in [0.25, 0.3) is 0 Å². The fourth-order valence-electron chi connectivity index (χ4n) is 4.06. The number of carbonyl (C=O) groups excluding carboxylic acids is 1. The largest absolute Gasteiger partial charge is 0.493 e. The second kappa shape index (κ2) is 9.26. The van der Waals surface area contributed by atoms with Crippen molar-refractivity contribution in [2.24, 2.45) is 0 Å². The van der Waals surface area contributed by atoms with E-state index in [0.717, 1.165) is 57.5 Å². The van der Waals surface area contributed by atoms with Crippen molar-refractivity contribution in [1.29, 1.82) is 0 Å². The number of methoxy groups -OCH3 is 1. The number of nitrogens with zero attached hydrogens (tertiary/aromatic N) is 1. The Labute approximate surface area is 157 Å². The number of amides is 1. The van der Waals surface area contributed by atoms with E-state index in [4.69, 9.17) is 9.47 Å². The van der Waals surface area contributed by atoms with Crippen LogP contribution < -0.4 is 14.8 Å². The Morgan fingerprint density at radius 3 is 2.54 bits per heavy atom. The van der Waals surface area contributed by atoms with Crippen LogP contribution in [0, 0.1) is 0 Å². The number of ether oxygens (including phenoxy) is 2. The molecule has 144 valence electrons. The van der Waals surface area contributed by atoms with Crippen LogP contribution in [0.1, 0.15) is 62.2 Å². The number of rotatable bonds is 7. The van der Waals surface area contributed by atoms with Gasteiger partial charge in [-0.2, -0.15) is 0 Å². The molecule has 5 nitrogen and oxygen atoms in total. The Hall–Kier alpha value is -1.75. The maximum absolute atomic E-state index is 13.2. The Kier molecular flexibility index (Phi) is 6.78. The van der Waals surface area contributed by atoms with Gasteiger partial charge in [0.2, 0.25) is 0 Å². The van der Waals surface area contributed by atoms with Gasteiger partial charge in [-0.25, -0.2) is 0 Å². The summed E-state index contributed by atoms with van der Waals surface area (Å²) in [5, 5.41) is 3.38. The van der Waals surface area contributed by atoms with Crippen LogP contribution in [0.4, 0.5) is 0 Å². The average molecular weight is 360 g/mol. The third kappa shape index (κ3) is 4.50. The lowest BCUT2D eigenvalue weighted by atomic mass is 10.0. The molecule has 1 aromatic rings. The molecule has 0 spiro atoms. The van der Waals surface area contributed by atoms with E-state index in [0.29, 0.717) is 17.4 Å². The van der Waals surface area contributed by atoms with Crippen molar-refractivity contribution >= 4 is 5.91 Å². The molecule has 5 heteroatoms. The monoisotopic (exact) mass is 360 g/mol. The zero-order valence-corrected chi connectivity index (χ0v) is 16.1. The quantitative estimate of drug-likeness (QED) is 0.807. The number of hydrogen-bond acceptors (Lipinski definition) is 4. The van der Waals surface area contributed by atoms with Crippen LogP contribution in [0.15, 0.2) is 18.2 Å². The van der Waals surface area contributed by atoms with E-state index in [-0.39, 0.29) is 12.0 Å². The van der Waals surface area contributed by atoms with Crippen molar-refractivity contribution in [3.8, 4) is 11.5 Å². The van der Waals surface area contributed by atoms with Gasteiger partial charge in [0.15, 0.2) is 11.5 Å². The molecule has 1 heterocycles. The fourth-order valence-corrected chi connectivity index (χ4v) is 4.06. The maximum Gasteiger partial charge on any atom is 0.254 e. The second-order valence-corrected chi connectivity index (χ2v) is 7.37. The molecule has 1 saturated heterocycles. The summed E-state index contributed by atoms with van der Waals surface area (Å²) in [6, 6.07) is 5.95. The first-order valence-electron chi connectivity index (χ1n) is 10.1. The van der Waals surface area contributed by atoms with Crippen molar-refractivity contribution in [3.63, 3.8) is 0 Å². The first-order chi connectivity index (χ1) is 12.7. The molecule has 2 fully saturated rings. The number of hydrogen-bond donors (Lipinski definition) is 1. The standard InChI is InChI=1S/C21H32N2O3/c1-3-14-23(17-10-12-22-13-11-17)21(24)16-8-9-19(20(15-16)25-2)26-18-6-4-5-7-18/h8-9,15,17-18,22H,3-7,10-14H2,1-2H3. The van der Waals surface area contributed by atoms with E-state index in [1.54, 1.807) is 7.11 Å². The lowest BCUT2D eigenvalue weighted by Gasteiger charge is -2.34. The van der Waals surface area contributed by atoms with Gasteiger partial charge in [-0.05, 0) is 76.2 Å². The molecule has 0 unspecified atom stereocenters. The van der Waals surface area contributed by atoms with E-state index in [1.807, 2.05) is 23.1 Å². The van der Waals surface area contributed by atoms with Gasteiger partial charge >= 0.3 is 0 Å². The lowest BCUT2D eigenvalue weighted by Crippen LogP contribution is -2.46. The summed E-state index contributed by atoms with van der Waals surface area (Å²) in [6.45, 7) is 4.89. The zero-order valence-electron chi connectivity index (χ0n) is 16.1. The van der Waals surface area contributed by atoms with Gasteiger partial charge in [-0.15, -0.1) is 0 Å². The molecule has 0 aromatic heterocycles. The van der Waals surface area contributed by atoms with Crippen LogP contribution in [0.5, 0.6) is 11.5 Å². The molecule has 0 radical (unpaired) electrons. The SMILES string of the molecule is CCCN(C(=O)c1ccc(OC2CCCC2)c(OC)c1)C1CCNCC1. The van der Waals surface area contributed by atoms with Crippen LogP contribution in [-0.2, 0) is 0 Å². The van der Waals surface area contributed by atoms with Crippen molar-refractivity contribution in [3.05, 3.63) is 23.8 Å². The van der Waals surface area contributed by atoms with Crippen LogP contribution in [0.2, 0.25) is 0 Å². The van der Waals surface area contributed by atoms with Gasteiger partial charge in [0.1, 0.15) is 0 Å². The summed E-state index contributed by atoms with van der Waals surface area (Å²) in [6.07, 6.45) is 7.94. The summed E-state index contributed by atoms with van der Waals surface area (Å²) in [5.74, 6) is 1.51. The molecule has 26 heavy (non-hydrogen) atoms. The molecular formula is C21H32N2O3. The predicted octanol–water partition coefficient (Wildman–Crippen LogP) is 3.62. The third-order valence-electron chi connectivity index (χ3n) is 5.48. The predicted molar refractivity (Wildman–Crippen MR) is 103 cm³/mol. The van der Waals surface area contributed by atoms with Crippen LogP contribution >= 0.6 is 0 Å². The van der Waals surface area contributed by atoms with Gasteiger partial charge < -0.3 is 19.7 Å². The average Bonchev–Trinajstić information content (AvgIpc) is 3.19. The van der Waals surface area contributed by atoms with Crippen molar-refractivity contribution < 1.29 is 14.3 Å². The van der Waals surface area contributed by atoms with Gasteiger partial charge in [-0.3, -0.25) is 4.79 Å². The number of carbonyl (C=O) groups is 1. The van der Waals surface area contributed by atoms with E-state index in [2.05, 4.69) is 12.2 Å².